The molecule has 0 aliphatic heterocycles. The van der Waals surface area contributed by atoms with Crippen LogP contribution in [0.3, 0.4) is 0 Å². The van der Waals surface area contributed by atoms with E-state index in [1.807, 2.05) is 0 Å². The summed E-state index contributed by atoms with van der Waals surface area (Å²) in [4.78, 5) is 10.8. The zero-order valence-electron chi connectivity index (χ0n) is 7.30. The molecular formula is C7H8ClF2N3O. The maximum Gasteiger partial charge on any atom is 0.284 e. The van der Waals surface area contributed by atoms with Crippen molar-refractivity contribution in [1.29, 1.82) is 0 Å². The zero-order valence-corrected chi connectivity index (χ0v) is 8.05. The number of aryl methyl sites for hydroxylation is 1. The van der Waals surface area contributed by atoms with Crippen molar-refractivity contribution >= 4 is 23.2 Å². The van der Waals surface area contributed by atoms with E-state index in [-0.39, 0.29) is 11.6 Å². The highest BCUT2D eigenvalue weighted by atomic mass is 35.5. The first-order valence-electron chi connectivity index (χ1n) is 3.72. The van der Waals surface area contributed by atoms with E-state index in [1.54, 1.807) is 0 Å². The molecule has 0 aliphatic carbocycles. The minimum atomic E-state index is -2.72. The van der Waals surface area contributed by atoms with Gasteiger partial charge in [-0.25, -0.2) is 8.78 Å². The summed E-state index contributed by atoms with van der Waals surface area (Å²) in [6.07, 6.45) is -1.42. The highest BCUT2D eigenvalue weighted by Gasteiger charge is 2.18. The number of hydrogen-bond donors (Lipinski definition) is 1. The monoisotopic (exact) mass is 223 g/mol. The lowest BCUT2D eigenvalue weighted by Gasteiger charge is -2.01. The highest BCUT2D eigenvalue weighted by Crippen LogP contribution is 2.24. The van der Waals surface area contributed by atoms with Crippen LogP contribution in [0, 0.1) is 0 Å². The number of alkyl halides is 3. The van der Waals surface area contributed by atoms with Gasteiger partial charge in [0.2, 0.25) is 5.91 Å². The number of nitrogens with zero attached hydrogens (tertiary/aromatic N) is 2. The molecule has 0 spiro atoms. The van der Waals surface area contributed by atoms with Crippen LogP contribution in [0.1, 0.15) is 12.1 Å². The Balaban J connectivity index is 2.89. The fraction of sp³-hybridized carbons (Fsp3) is 0.429. The first-order chi connectivity index (χ1) is 6.54. The average molecular weight is 224 g/mol. The first kappa shape index (κ1) is 10.9. The predicted octanol–water partition coefficient (Wildman–Crippen LogP) is 1.53. The van der Waals surface area contributed by atoms with Crippen molar-refractivity contribution in [2.24, 2.45) is 7.05 Å². The second kappa shape index (κ2) is 4.36. The maximum atomic E-state index is 12.3. The number of anilines is 1. The lowest BCUT2D eigenvalue weighted by Crippen LogP contribution is -2.13. The Morgan fingerprint density at radius 3 is 2.93 bits per heavy atom. The molecule has 0 fully saturated rings. The minimum absolute atomic E-state index is 0.00634. The standard InChI is InChI=1S/C7H8ClF2N3O/c1-13-3-4(11-5(14)2-8)6(12-13)7(9)10/h3,7H,2H2,1H3,(H,11,14). The highest BCUT2D eigenvalue weighted by molar-refractivity contribution is 6.29. The van der Waals surface area contributed by atoms with Crippen molar-refractivity contribution in [3.63, 3.8) is 0 Å². The fourth-order valence-electron chi connectivity index (χ4n) is 0.947. The quantitative estimate of drug-likeness (QED) is 0.790. The first-order valence-corrected chi connectivity index (χ1v) is 4.25. The molecule has 0 unspecified atom stereocenters. The van der Waals surface area contributed by atoms with Crippen LogP contribution in [0.4, 0.5) is 14.5 Å². The normalized spacial score (nSPS) is 10.6. The molecular weight excluding hydrogens is 216 g/mol. The third-order valence-corrected chi connectivity index (χ3v) is 1.70. The van der Waals surface area contributed by atoms with E-state index < -0.39 is 18.0 Å². The molecule has 1 aromatic heterocycles. The fourth-order valence-corrected chi connectivity index (χ4v) is 1.01. The third-order valence-electron chi connectivity index (χ3n) is 1.46. The van der Waals surface area contributed by atoms with Crippen LogP contribution >= 0.6 is 11.6 Å². The van der Waals surface area contributed by atoms with Gasteiger partial charge < -0.3 is 5.32 Å². The summed E-state index contributed by atoms with van der Waals surface area (Å²) in [6.45, 7) is 0. The summed E-state index contributed by atoms with van der Waals surface area (Å²) in [5.74, 6) is -0.820. The smallest absolute Gasteiger partial charge is 0.284 e. The molecule has 4 nitrogen and oxygen atoms in total. The number of carbonyl (C=O) groups excluding carboxylic acids is 1. The number of nitrogens with one attached hydrogen (secondary N) is 1. The van der Waals surface area contributed by atoms with E-state index in [4.69, 9.17) is 11.6 Å². The predicted molar refractivity (Wildman–Crippen MR) is 47.5 cm³/mol. The summed E-state index contributed by atoms with van der Waals surface area (Å²) < 4.78 is 25.9. The van der Waals surface area contributed by atoms with E-state index in [9.17, 15) is 13.6 Å². The summed E-state index contributed by atoms with van der Waals surface area (Å²) in [7, 11) is 1.49. The van der Waals surface area contributed by atoms with Crippen molar-refractivity contribution in [2.75, 3.05) is 11.2 Å². The number of aromatic nitrogens is 2. The maximum absolute atomic E-state index is 12.3. The molecule has 0 aliphatic rings. The van der Waals surface area contributed by atoms with Gasteiger partial charge in [-0.15, -0.1) is 11.6 Å². The molecule has 1 heterocycles. The van der Waals surface area contributed by atoms with Gasteiger partial charge in [0.1, 0.15) is 5.88 Å². The van der Waals surface area contributed by atoms with E-state index in [0.29, 0.717) is 0 Å². The topological polar surface area (TPSA) is 46.9 Å². The van der Waals surface area contributed by atoms with Gasteiger partial charge in [0.25, 0.3) is 6.43 Å². The summed E-state index contributed by atoms with van der Waals surface area (Å²) >= 11 is 5.21. The molecule has 1 N–H and O–H groups in total. The number of amides is 1. The summed E-state index contributed by atoms with van der Waals surface area (Å²) in [5.41, 5.74) is -0.459. The lowest BCUT2D eigenvalue weighted by atomic mass is 10.4. The van der Waals surface area contributed by atoms with Gasteiger partial charge in [0.05, 0.1) is 5.69 Å². The van der Waals surface area contributed by atoms with Crippen molar-refractivity contribution in [3.8, 4) is 0 Å². The van der Waals surface area contributed by atoms with E-state index in [2.05, 4.69) is 10.4 Å². The molecule has 78 valence electrons. The number of halogens is 3. The van der Waals surface area contributed by atoms with Gasteiger partial charge in [-0.05, 0) is 0 Å². The number of hydrogen-bond acceptors (Lipinski definition) is 2. The van der Waals surface area contributed by atoms with Gasteiger partial charge in [-0.3, -0.25) is 9.48 Å². The molecule has 7 heteroatoms. The van der Waals surface area contributed by atoms with Crippen molar-refractivity contribution < 1.29 is 13.6 Å². The average Bonchev–Trinajstić information content (AvgIpc) is 2.46. The molecule has 0 bridgehead atoms. The minimum Gasteiger partial charge on any atom is -0.322 e. The Labute approximate surface area is 83.8 Å². The van der Waals surface area contributed by atoms with E-state index in [0.717, 1.165) is 0 Å². The Bertz CT molecular complexity index is 340. The molecule has 0 aromatic carbocycles. The lowest BCUT2D eigenvalue weighted by molar-refractivity contribution is -0.113. The Morgan fingerprint density at radius 2 is 2.43 bits per heavy atom. The molecule has 1 rings (SSSR count). The summed E-state index contributed by atoms with van der Waals surface area (Å²) in [5, 5.41) is 5.73. The second-order valence-electron chi connectivity index (χ2n) is 2.58. The molecule has 0 saturated heterocycles. The van der Waals surface area contributed by atoms with Crippen LogP contribution in [0.2, 0.25) is 0 Å². The SMILES string of the molecule is Cn1cc(NC(=O)CCl)c(C(F)F)n1. The largest absolute Gasteiger partial charge is 0.322 e. The van der Waals surface area contributed by atoms with E-state index >= 15 is 0 Å². The van der Waals surface area contributed by atoms with Gasteiger partial charge in [-0.2, -0.15) is 5.10 Å². The van der Waals surface area contributed by atoms with Crippen LogP contribution < -0.4 is 5.32 Å². The summed E-state index contributed by atoms with van der Waals surface area (Å²) in [6, 6.07) is 0. The molecule has 1 aromatic rings. The van der Waals surface area contributed by atoms with E-state index in [1.165, 1.54) is 17.9 Å². The second-order valence-corrected chi connectivity index (χ2v) is 2.85. The van der Waals surface area contributed by atoms with Crippen LogP contribution in [0.15, 0.2) is 6.20 Å². The van der Waals surface area contributed by atoms with Gasteiger partial charge in [0.15, 0.2) is 5.69 Å². The van der Waals surface area contributed by atoms with Crippen LogP contribution in [0.5, 0.6) is 0 Å². The van der Waals surface area contributed by atoms with Crippen LogP contribution in [0.25, 0.3) is 0 Å². The van der Waals surface area contributed by atoms with Crippen molar-refractivity contribution in [2.45, 2.75) is 6.43 Å². The van der Waals surface area contributed by atoms with Crippen LogP contribution in [-0.4, -0.2) is 21.6 Å². The number of rotatable bonds is 3. The van der Waals surface area contributed by atoms with Gasteiger partial charge >= 0.3 is 0 Å². The number of carbonyl (C=O) groups is 1. The molecule has 0 radical (unpaired) electrons. The molecule has 1 amide bonds. The third kappa shape index (κ3) is 2.41. The Morgan fingerprint density at radius 1 is 1.79 bits per heavy atom. The van der Waals surface area contributed by atoms with Gasteiger partial charge in [-0.1, -0.05) is 0 Å². The zero-order chi connectivity index (χ0) is 10.7. The Hall–Kier alpha value is -1.17. The van der Waals surface area contributed by atoms with Crippen LogP contribution in [-0.2, 0) is 11.8 Å². The Kier molecular flexibility index (Phi) is 3.40. The molecule has 0 saturated carbocycles. The van der Waals surface area contributed by atoms with Crippen molar-refractivity contribution in [1.82, 2.24) is 9.78 Å². The van der Waals surface area contributed by atoms with Crippen molar-refractivity contribution in [3.05, 3.63) is 11.9 Å². The van der Waals surface area contributed by atoms with Gasteiger partial charge in [0, 0.05) is 13.2 Å². The molecule has 14 heavy (non-hydrogen) atoms. The molecule has 0 atom stereocenters.